The van der Waals surface area contributed by atoms with Crippen LogP contribution in [0.4, 0.5) is 13.2 Å². The number of aromatic nitrogens is 1. The number of fused-ring (bicyclic) bond motifs is 1. The predicted molar refractivity (Wildman–Crippen MR) is 90.4 cm³/mol. The first-order valence-electron chi connectivity index (χ1n) is 7.82. The predicted octanol–water partition coefficient (Wildman–Crippen LogP) is 4.42. The van der Waals surface area contributed by atoms with E-state index in [9.17, 15) is 18.0 Å². The molecule has 4 nitrogen and oxygen atoms in total. The minimum absolute atomic E-state index is 0.0184. The summed E-state index contributed by atoms with van der Waals surface area (Å²) in [7, 11) is 1.35. The van der Waals surface area contributed by atoms with E-state index in [1.54, 1.807) is 29.0 Å². The zero-order valence-corrected chi connectivity index (χ0v) is 13.9. The lowest BCUT2D eigenvalue weighted by Gasteiger charge is -2.14. The molecule has 0 aliphatic heterocycles. The fourth-order valence-electron chi connectivity index (χ4n) is 2.78. The third-order valence-electron chi connectivity index (χ3n) is 3.88. The molecule has 26 heavy (non-hydrogen) atoms. The number of benzene rings is 2. The van der Waals surface area contributed by atoms with Gasteiger partial charge in [0.25, 0.3) is 0 Å². The van der Waals surface area contributed by atoms with Gasteiger partial charge in [-0.3, -0.25) is 0 Å². The van der Waals surface area contributed by atoms with Crippen molar-refractivity contribution >= 4 is 16.9 Å². The number of hydrogen-bond donors (Lipinski definition) is 0. The van der Waals surface area contributed by atoms with Gasteiger partial charge < -0.3 is 14.0 Å². The van der Waals surface area contributed by atoms with Gasteiger partial charge in [0, 0.05) is 18.1 Å². The molecule has 0 saturated heterocycles. The molecule has 0 bridgehead atoms. The van der Waals surface area contributed by atoms with Crippen molar-refractivity contribution in [2.24, 2.45) is 0 Å². The molecular weight excluding hydrogens is 347 g/mol. The van der Waals surface area contributed by atoms with E-state index in [4.69, 9.17) is 4.74 Å². The van der Waals surface area contributed by atoms with Gasteiger partial charge in [-0.2, -0.15) is 13.2 Å². The van der Waals surface area contributed by atoms with Crippen LogP contribution in [0.15, 0.2) is 54.7 Å². The van der Waals surface area contributed by atoms with Gasteiger partial charge >= 0.3 is 12.1 Å². The van der Waals surface area contributed by atoms with Crippen molar-refractivity contribution in [1.29, 1.82) is 0 Å². The van der Waals surface area contributed by atoms with Crippen molar-refractivity contribution in [3.63, 3.8) is 0 Å². The molecule has 0 aliphatic rings. The number of rotatable bonds is 5. The highest BCUT2D eigenvalue weighted by molar-refractivity contribution is 6.06. The van der Waals surface area contributed by atoms with Crippen LogP contribution in [0.5, 0.6) is 5.75 Å². The van der Waals surface area contributed by atoms with Crippen LogP contribution in [0.3, 0.4) is 0 Å². The summed E-state index contributed by atoms with van der Waals surface area (Å²) in [5.41, 5.74) is 1.44. The second-order valence-electron chi connectivity index (χ2n) is 5.70. The molecule has 0 fully saturated rings. The molecule has 0 N–H and O–H groups in total. The Kier molecular flexibility index (Phi) is 4.88. The molecule has 3 rings (SSSR count). The lowest BCUT2D eigenvalue weighted by Crippen LogP contribution is -2.21. The highest BCUT2D eigenvalue weighted by Gasteiger charge is 2.31. The van der Waals surface area contributed by atoms with E-state index in [0.717, 1.165) is 5.56 Å². The van der Waals surface area contributed by atoms with Gasteiger partial charge in [-0.1, -0.05) is 30.3 Å². The van der Waals surface area contributed by atoms with Crippen molar-refractivity contribution in [3.05, 3.63) is 65.9 Å². The lowest BCUT2D eigenvalue weighted by molar-refractivity contribution is -0.161. The summed E-state index contributed by atoms with van der Waals surface area (Å²) in [5.74, 6) is -0.907. The zero-order valence-electron chi connectivity index (χ0n) is 13.9. The van der Waals surface area contributed by atoms with Gasteiger partial charge in [0.05, 0.1) is 12.6 Å². The van der Waals surface area contributed by atoms with Crippen LogP contribution < -0.4 is 4.74 Å². The fourth-order valence-corrected chi connectivity index (χ4v) is 2.78. The minimum Gasteiger partial charge on any atom is -0.496 e. The maximum absolute atomic E-state index is 12.4. The van der Waals surface area contributed by atoms with Gasteiger partial charge in [0.1, 0.15) is 11.3 Å². The summed E-state index contributed by atoms with van der Waals surface area (Å²) < 4.78 is 48.7. The first-order chi connectivity index (χ1) is 12.4. The quantitative estimate of drug-likeness (QED) is 0.630. The number of halogens is 3. The molecule has 0 atom stereocenters. The molecule has 2 aromatic carbocycles. The standard InChI is InChI=1S/C19H16F3NO3/c1-25-15-8-7-14-9-10-23(11-13-5-3-2-4-6-13)17(14)16(15)18(24)26-12-19(20,21)22/h2-10H,11-12H2,1H3. The van der Waals surface area contributed by atoms with Crippen LogP contribution in [0.25, 0.3) is 10.9 Å². The number of carbonyl (C=O) groups is 1. The number of alkyl halides is 3. The Hall–Kier alpha value is -2.96. The molecule has 0 saturated carbocycles. The number of carbonyl (C=O) groups excluding carboxylic acids is 1. The van der Waals surface area contributed by atoms with Crippen LogP contribution in [0, 0.1) is 0 Å². The first kappa shape index (κ1) is 17.8. The molecule has 1 heterocycles. The SMILES string of the molecule is COc1ccc2ccn(Cc3ccccc3)c2c1C(=O)OCC(F)(F)F. The Bertz CT molecular complexity index is 917. The Balaban J connectivity index is 2.04. The van der Waals surface area contributed by atoms with Crippen LogP contribution >= 0.6 is 0 Å². The Morgan fingerprint density at radius 3 is 2.46 bits per heavy atom. The number of nitrogens with zero attached hydrogens (tertiary/aromatic N) is 1. The normalized spacial score (nSPS) is 11.5. The second-order valence-corrected chi connectivity index (χ2v) is 5.70. The molecular formula is C19H16F3NO3. The number of methoxy groups -OCH3 is 1. The van der Waals surface area contributed by atoms with Gasteiger partial charge in [-0.05, 0) is 23.8 Å². The molecule has 1 aromatic heterocycles. The topological polar surface area (TPSA) is 40.5 Å². The Morgan fingerprint density at radius 1 is 1.08 bits per heavy atom. The molecule has 3 aromatic rings. The fraction of sp³-hybridized carbons (Fsp3) is 0.211. The smallest absolute Gasteiger partial charge is 0.422 e. The summed E-state index contributed by atoms with van der Waals surface area (Å²) in [6, 6.07) is 14.6. The van der Waals surface area contributed by atoms with Crippen LogP contribution in [-0.4, -0.2) is 30.4 Å². The van der Waals surface area contributed by atoms with Crippen LogP contribution in [-0.2, 0) is 11.3 Å². The van der Waals surface area contributed by atoms with Crippen molar-refractivity contribution in [2.45, 2.75) is 12.7 Å². The van der Waals surface area contributed by atoms with Gasteiger partial charge in [0.2, 0.25) is 0 Å². The Labute approximate surface area is 147 Å². The van der Waals surface area contributed by atoms with E-state index in [0.29, 0.717) is 17.4 Å². The molecule has 0 amide bonds. The van der Waals surface area contributed by atoms with E-state index >= 15 is 0 Å². The number of ether oxygens (including phenoxy) is 2. The summed E-state index contributed by atoms with van der Waals surface area (Å²) in [5, 5.41) is 0.709. The van der Waals surface area contributed by atoms with Crippen molar-refractivity contribution in [1.82, 2.24) is 4.57 Å². The van der Waals surface area contributed by atoms with E-state index in [1.807, 2.05) is 30.3 Å². The van der Waals surface area contributed by atoms with Crippen LogP contribution in [0.2, 0.25) is 0 Å². The summed E-state index contributed by atoms with van der Waals surface area (Å²) in [4.78, 5) is 12.4. The molecule has 136 valence electrons. The molecule has 0 spiro atoms. The van der Waals surface area contributed by atoms with E-state index in [2.05, 4.69) is 4.74 Å². The molecule has 0 aliphatic carbocycles. The summed E-state index contributed by atoms with van der Waals surface area (Å²) in [6.45, 7) is -1.19. The molecule has 0 radical (unpaired) electrons. The highest BCUT2D eigenvalue weighted by atomic mass is 19.4. The van der Waals surface area contributed by atoms with Gasteiger partial charge in [-0.15, -0.1) is 0 Å². The van der Waals surface area contributed by atoms with E-state index < -0.39 is 18.8 Å². The van der Waals surface area contributed by atoms with Gasteiger partial charge in [0.15, 0.2) is 6.61 Å². The number of esters is 1. The van der Waals surface area contributed by atoms with Crippen LogP contribution in [0.1, 0.15) is 15.9 Å². The number of hydrogen-bond acceptors (Lipinski definition) is 3. The van der Waals surface area contributed by atoms with E-state index in [1.165, 1.54) is 7.11 Å². The maximum Gasteiger partial charge on any atom is 0.422 e. The molecule has 7 heteroatoms. The third-order valence-corrected chi connectivity index (χ3v) is 3.88. The first-order valence-corrected chi connectivity index (χ1v) is 7.82. The van der Waals surface area contributed by atoms with Crippen molar-refractivity contribution < 1.29 is 27.4 Å². The third kappa shape index (κ3) is 3.82. The van der Waals surface area contributed by atoms with Crippen molar-refractivity contribution in [3.8, 4) is 5.75 Å². The lowest BCUT2D eigenvalue weighted by atomic mass is 10.1. The summed E-state index contributed by atoms with van der Waals surface area (Å²) in [6.07, 6.45) is -2.82. The average Bonchev–Trinajstić information content (AvgIpc) is 3.02. The van der Waals surface area contributed by atoms with Crippen molar-refractivity contribution in [2.75, 3.05) is 13.7 Å². The average molecular weight is 363 g/mol. The monoisotopic (exact) mass is 363 g/mol. The summed E-state index contributed by atoms with van der Waals surface area (Å²) >= 11 is 0. The zero-order chi connectivity index (χ0) is 18.7. The second kappa shape index (κ2) is 7.11. The minimum atomic E-state index is -4.59. The van der Waals surface area contributed by atoms with Gasteiger partial charge in [-0.25, -0.2) is 4.79 Å². The highest BCUT2D eigenvalue weighted by Crippen LogP contribution is 2.30. The largest absolute Gasteiger partial charge is 0.496 e. The molecule has 0 unspecified atom stereocenters. The Morgan fingerprint density at radius 2 is 1.81 bits per heavy atom. The van der Waals surface area contributed by atoms with E-state index in [-0.39, 0.29) is 11.3 Å². The maximum atomic E-state index is 12.4.